The quantitative estimate of drug-likeness (QED) is 0.824. The standard InChI is InChI=1S/C20H26FN3O2/c1-23-10-12-24(13-11-23)15-20(25)22-9-8-18(19-3-2-14-26-19)16-4-6-17(21)7-5-16/h2-7,14,18H,8-13,15H2,1H3,(H,22,25)/t18-/m0/s1. The van der Waals surface area contributed by atoms with E-state index in [4.69, 9.17) is 4.42 Å². The molecule has 0 bridgehead atoms. The molecule has 0 aliphatic carbocycles. The Morgan fingerprint density at radius 1 is 1.19 bits per heavy atom. The van der Waals surface area contributed by atoms with E-state index in [1.165, 1.54) is 12.1 Å². The third kappa shape index (κ3) is 5.16. The van der Waals surface area contributed by atoms with E-state index < -0.39 is 0 Å². The van der Waals surface area contributed by atoms with Crippen LogP contribution in [0.2, 0.25) is 0 Å². The van der Waals surface area contributed by atoms with Crippen LogP contribution in [0.4, 0.5) is 4.39 Å². The van der Waals surface area contributed by atoms with Crippen molar-refractivity contribution in [2.24, 2.45) is 0 Å². The van der Waals surface area contributed by atoms with Gasteiger partial charge < -0.3 is 14.6 Å². The van der Waals surface area contributed by atoms with Crippen molar-refractivity contribution in [2.75, 3.05) is 46.3 Å². The highest BCUT2D eigenvalue weighted by molar-refractivity contribution is 5.78. The number of hydrogen-bond donors (Lipinski definition) is 1. The average Bonchev–Trinajstić information content (AvgIpc) is 3.16. The van der Waals surface area contributed by atoms with Crippen LogP contribution < -0.4 is 5.32 Å². The van der Waals surface area contributed by atoms with Crippen LogP contribution in [-0.2, 0) is 4.79 Å². The Labute approximate surface area is 153 Å². The first-order valence-corrected chi connectivity index (χ1v) is 9.08. The van der Waals surface area contributed by atoms with E-state index in [1.807, 2.05) is 12.1 Å². The molecule has 2 heterocycles. The molecule has 0 spiro atoms. The van der Waals surface area contributed by atoms with E-state index in [0.717, 1.165) is 37.5 Å². The number of carbonyl (C=O) groups is 1. The summed E-state index contributed by atoms with van der Waals surface area (Å²) in [5, 5.41) is 3.00. The minimum absolute atomic E-state index is 0.00506. The Hall–Kier alpha value is -2.18. The Morgan fingerprint density at radius 3 is 2.58 bits per heavy atom. The molecule has 26 heavy (non-hydrogen) atoms. The fraction of sp³-hybridized carbons (Fsp3) is 0.450. The van der Waals surface area contributed by atoms with E-state index in [0.29, 0.717) is 19.5 Å². The number of likely N-dealkylation sites (N-methyl/N-ethyl adjacent to an activating group) is 1. The number of rotatable bonds is 7. The number of nitrogens with zero attached hydrogens (tertiary/aromatic N) is 2. The van der Waals surface area contributed by atoms with E-state index in [1.54, 1.807) is 18.4 Å². The van der Waals surface area contributed by atoms with Crippen molar-refractivity contribution in [2.45, 2.75) is 12.3 Å². The van der Waals surface area contributed by atoms with Crippen molar-refractivity contribution < 1.29 is 13.6 Å². The molecule has 1 atom stereocenters. The molecule has 0 unspecified atom stereocenters. The number of amides is 1. The van der Waals surface area contributed by atoms with Gasteiger partial charge in [0, 0.05) is 38.6 Å². The maximum atomic E-state index is 13.2. The Kier molecular flexibility index (Phi) is 6.41. The lowest BCUT2D eigenvalue weighted by atomic mass is 9.93. The average molecular weight is 359 g/mol. The highest BCUT2D eigenvalue weighted by atomic mass is 19.1. The summed E-state index contributed by atoms with van der Waals surface area (Å²) in [4.78, 5) is 16.7. The maximum absolute atomic E-state index is 13.2. The topological polar surface area (TPSA) is 48.7 Å². The molecule has 0 saturated carbocycles. The summed E-state index contributed by atoms with van der Waals surface area (Å²) in [6.45, 7) is 4.84. The van der Waals surface area contributed by atoms with E-state index in [-0.39, 0.29) is 17.6 Å². The normalized spacial score (nSPS) is 17.2. The van der Waals surface area contributed by atoms with Gasteiger partial charge in [-0.25, -0.2) is 4.39 Å². The van der Waals surface area contributed by atoms with Gasteiger partial charge in [-0.1, -0.05) is 12.1 Å². The molecule has 1 aliphatic heterocycles. The number of benzene rings is 1. The fourth-order valence-electron chi connectivity index (χ4n) is 3.28. The Morgan fingerprint density at radius 2 is 1.92 bits per heavy atom. The SMILES string of the molecule is CN1CCN(CC(=O)NCC[C@@H](c2ccc(F)cc2)c2ccco2)CC1. The van der Waals surface area contributed by atoms with Gasteiger partial charge in [-0.05, 0) is 43.3 Å². The zero-order valence-corrected chi connectivity index (χ0v) is 15.2. The van der Waals surface area contributed by atoms with Crippen LogP contribution in [-0.4, -0.2) is 62.0 Å². The van der Waals surface area contributed by atoms with Gasteiger partial charge >= 0.3 is 0 Å². The van der Waals surface area contributed by atoms with Crippen molar-refractivity contribution in [3.8, 4) is 0 Å². The number of carbonyl (C=O) groups excluding carboxylic acids is 1. The molecule has 1 aliphatic rings. The lowest BCUT2D eigenvalue weighted by Gasteiger charge is -2.31. The summed E-state index contributed by atoms with van der Waals surface area (Å²) < 4.78 is 18.8. The predicted molar refractivity (Wildman–Crippen MR) is 98.5 cm³/mol. The molecule has 2 aromatic rings. The van der Waals surface area contributed by atoms with Gasteiger partial charge in [0.15, 0.2) is 0 Å². The molecule has 1 amide bonds. The van der Waals surface area contributed by atoms with Crippen molar-refractivity contribution in [1.29, 1.82) is 0 Å². The molecule has 3 rings (SSSR count). The minimum atomic E-state index is -0.257. The zero-order valence-electron chi connectivity index (χ0n) is 15.2. The smallest absolute Gasteiger partial charge is 0.234 e. The van der Waals surface area contributed by atoms with Gasteiger partial charge in [0.05, 0.1) is 12.8 Å². The maximum Gasteiger partial charge on any atom is 0.234 e. The van der Waals surface area contributed by atoms with E-state index in [2.05, 4.69) is 22.2 Å². The number of furan rings is 1. The van der Waals surface area contributed by atoms with Crippen LogP contribution in [0.1, 0.15) is 23.7 Å². The predicted octanol–water partition coefficient (Wildman–Crippen LogP) is 2.30. The van der Waals surface area contributed by atoms with Gasteiger partial charge in [0.2, 0.25) is 5.91 Å². The molecule has 1 fully saturated rings. The third-order valence-corrected chi connectivity index (χ3v) is 4.88. The molecule has 0 radical (unpaired) electrons. The van der Waals surface area contributed by atoms with Crippen LogP contribution in [0.5, 0.6) is 0 Å². The summed E-state index contributed by atoms with van der Waals surface area (Å²) in [7, 11) is 2.10. The van der Waals surface area contributed by atoms with Gasteiger partial charge in [0.1, 0.15) is 11.6 Å². The molecular formula is C20H26FN3O2. The number of hydrogen-bond acceptors (Lipinski definition) is 4. The van der Waals surface area contributed by atoms with Crippen molar-refractivity contribution in [3.05, 3.63) is 59.8 Å². The molecule has 6 heteroatoms. The second-order valence-corrected chi connectivity index (χ2v) is 6.84. The largest absolute Gasteiger partial charge is 0.469 e. The van der Waals surface area contributed by atoms with Crippen LogP contribution in [0.3, 0.4) is 0 Å². The molecule has 1 saturated heterocycles. The second-order valence-electron chi connectivity index (χ2n) is 6.84. The second kappa shape index (κ2) is 8.96. The lowest BCUT2D eigenvalue weighted by molar-refractivity contribution is -0.122. The van der Waals surface area contributed by atoms with Crippen LogP contribution in [0.15, 0.2) is 47.1 Å². The zero-order chi connectivity index (χ0) is 18.4. The molecule has 1 aromatic carbocycles. The van der Waals surface area contributed by atoms with Crippen molar-refractivity contribution >= 4 is 5.91 Å². The number of halogens is 1. The van der Waals surface area contributed by atoms with Gasteiger partial charge in [0.25, 0.3) is 0 Å². The fourth-order valence-corrected chi connectivity index (χ4v) is 3.28. The number of piperazine rings is 1. The molecule has 1 aromatic heterocycles. The molecule has 5 nitrogen and oxygen atoms in total. The first-order valence-electron chi connectivity index (χ1n) is 9.08. The monoisotopic (exact) mass is 359 g/mol. The van der Waals surface area contributed by atoms with Crippen LogP contribution in [0, 0.1) is 5.82 Å². The third-order valence-electron chi connectivity index (χ3n) is 4.88. The summed E-state index contributed by atoms with van der Waals surface area (Å²) in [5.74, 6) is 0.610. The highest BCUT2D eigenvalue weighted by Crippen LogP contribution is 2.28. The van der Waals surface area contributed by atoms with Gasteiger partial charge in [-0.3, -0.25) is 9.69 Å². The summed E-state index contributed by atoms with van der Waals surface area (Å²) in [6.07, 6.45) is 2.34. The van der Waals surface area contributed by atoms with Gasteiger partial charge in [-0.2, -0.15) is 0 Å². The molecular weight excluding hydrogens is 333 g/mol. The minimum Gasteiger partial charge on any atom is -0.469 e. The summed E-state index contributed by atoms with van der Waals surface area (Å²) >= 11 is 0. The molecule has 140 valence electrons. The first kappa shape index (κ1) is 18.6. The number of nitrogens with one attached hydrogen (secondary N) is 1. The van der Waals surface area contributed by atoms with E-state index in [9.17, 15) is 9.18 Å². The van der Waals surface area contributed by atoms with Crippen LogP contribution >= 0.6 is 0 Å². The lowest BCUT2D eigenvalue weighted by Crippen LogP contribution is -2.48. The van der Waals surface area contributed by atoms with E-state index >= 15 is 0 Å². The highest BCUT2D eigenvalue weighted by Gasteiger charge is 2.19. The van der Waals surface area contributed by atoms with Crippen LogP contribution in [0.25, 0.3) is 0 Å². The van der Waals surface area contributed by atoms with Crippen molar-refractivity contribution in [1.82, 2.24) is 15.1 Å². The summed E-state index contributed by atoms with van der Waals surface area (Å²) in [6, 6.07) is 10.2. The Bertz CT molecular complexity index is 680. The molecule has 1 N–H and O–H groups in total. The summed E-state index contributed by atoms with van der Waals surface area (Å²) in [5.41, 5.74) is 0.981. The van der Waals surface area contributed by atoms with Crippen molar-refractivity contribution in [3.63, 3.8) is 0 Å². The van der Waals surface area contributed by atoms with Gasteiger partial charge in [-0.15, -0.1) is 0 Å². The first-order chi connectivity index (χ1) is 12.6. The Balaban J connectivity index is 1.51.